The fourth-order valence-corrected chi connectivity index (χ4v) is 3.53. The zero-order chi connectivity index (χ0) is 20.2. The number of hydrogen-bond donors (Lipinski definition) is 1. The van der Waals surface area contributed by atoms with Crippen molar-refractivity contribution in [3.05, 3.63) is 77.1 Å². The maximum atomic E-state index is 13.1. The van der Waals surface area contributed by atoms with Crippen LogP contribution in [0.5, 0.6) is 5.75 Å². The number of amidine groups is 1. The second kappa shape index (κ2) is 8.36. The van der Waals surface area contributed by atoms with E-state index in [2.05, 4.69) is 10.3 Å². The molecule has 29 heavy (non-hydrogen) atoms. The Morgan fingerprint density at radius 2 is 1.86 bits per heavy atom. The molecule has 1 fully saturated rings. The van der Waals surface area contributed by atoms with E-state index in [0.29, 0.717) is 33.9 Å². The first kappa shape index (κ1) is 19.0. The largest absolute Gasteiger partial charge is 0.494 e. The van der Waals surface area contributed by atoms with Crippen LogP contribution in [0.1, 0.15) is 12.7 Å². The standard InChI is InChI=1S/C22H17FN2O3S/c1-2-27-17-9-7-16(8-10-17)24-22-25-21(26)20(29-22)13-18-11-12-19(28-18)14-3-5-15(23)6-4-14/h3-13H,2H2,1H3,(H,24,25,26)/b20-13+. The van der Waals surface area contributed by atoms with E-state index in [1.54, 1.807) is 30.3 Å². The van der Waals surface area contributed by atoms with Crippen molar-refractivity contribution in [2.24, 2.45) is 4.99 Å². The van der Waals surface area contributed by atoms with Crippen LogP contribution in [-0.4, -0.2) is 17.7 Å². The van der Waals surface area contributed by atoms with Gasteiger partial charge in [0.1, 0.15) is 23.1 Å². The summed E-state index contributed by atoms with van der Waals surface area (Å²) in [5.41, 5.74) is 1.48. The molecule has 0 unspecified atom stereocenters. The van der Waals surface area contributed by atoms with Crippen LogP contribution in [-0.2, 0) is 4.79 Å². The van der Waals surface area contributed by atoms with Crippen molar-refractivity contribution in [2.75, 3.05) is 6.61 Å². The second-order valence-electron chi connectivity index (χ2n) is 6.12. The van der Waals surface area contributed by atoms with Gasteiger partial charge in [0.25, 0.3) is 5.91 Å². The third-order valence-electron chi connectivity index (χ3n) is 4.06. The van der Waals surface area contributed by atoms with Crippen molar-refractivity contribution >= 4 is 34.6 Å². The molecule has 2 aromatic carbocycles. The Labute approximate surface area is 171 Å². The quantitative estimate of drug-likeness (QED) is 0.576. The van der Waals surface area contributed by atoms with Gasteiger partial charge in [0.15, 0.2) is 5.17 Å². The van der Waals surface area contributed by atoms with Crippen molar-refractivity contribution in [3.63, 3.8) is 0 Å². The van der Waals surface area contributed by atoms with Gasteiger partial charge < -0.3 is 14.5 Å². The first-order valence-corrected chi connectivity index (χ1v) is 9.80. The van der Waals surface area contributed by atoms with E-state index in [9.17, 15) is 9.18 Å². The normalized spacial score (nSPS) is 16.4. The number of benzene rings is 2. The summed E-state index contributed by atoms with van der Waals surface area (Å²) < 4.78 is 24.2. The van der Waals surface area contributed by atoms with E-state index in [1.165, 1.54) is 23.9 Å². The lowest BCUT2D eigenvalue weighted by Crippen LogP contribution is -2.19. The minimum absolute atomic E-state index is 0.237. The smallest absolute Gasteiger partial charge is 0.264 e. The molecule has 1 aromatic heterocycles. The van der Waals surface area contributed by atoms with E-state index in [0.717, 1.165) is 11.3 Å². The van der Waals surface area contributed by atoms with Crippen LogP contribution in [0.25, 0.3) is 17.4 Å². The van der Waals surface area contributed by atoms with Gasteiger partial charge in [0.05, 0.1) is 17.2 Å². The lowest BCUT2D eigenvalue weighted by molar-refractivity contribution is -0.115. The molecule has 0 bridgehead atoms. The number of furan rings is 1. The third kappa shape index (κ3) is 4.57. The van der Waals surface area contributed by atoms with Gasteiger partial charge in [-0.15, -0.1) is 0 Å². The Morgan fingerprint density at radius 1 is 1.10 bits per heavy atom. The molecule has 0 saturated carbocycles. The van der Waals surface area contributed by atoms with Crippen molar-refractivity contribution in [2.45, 2.75) is 6.92 Å². The molecule has 146 valence electrons. The molecule has 1 aliphatic heterocycles. The van der Waals surface area contributed by atoms with Gasteiger partial charge in [-0.2, -0.15) is 0 Å². The average Bonchev–Trinajstić information content (AvgIpc) is 3.31. The molecular formula is C22H17FN2O3S. The molecule has 0 radical (unpaired) electrons. The van der Waals surface area contributed by atoms with Crippen LogP contribution < -0.4 is 10.1 Å². The summed E-state index contributed by atoms with van der Waals surface area (Å²) in [7, 11) is 0. The number of halogens is 1. The summed E-state index contributed by atoms with van der Waals surface area (Å²) in [6.07, 6.45) is 1.66. The molecule has 3 aromatic rings. The SMILES string of the molecule is CCOc1ccc(N=C2NC(=O)/C(=C\c3ccc(-c4ccc(F)cc4)o3)S2)cc1. The predicted octanol–water partition coefficient (Wildman–Crippen LogP) is 5.38. The zero-order valence-corrected chi connectivity index (χ0v) is 16.3. The summed E-state index contributed by atoms with van der Waals surface area (Å²) >= 11 is 1.24. The Kier molecular flexibility index (Phi) is 5.48. The number of carbonyl (C=O) groups is 1. The van der Waals surface area contributed by atoms with Gasteiger partial charge in [0.2, 0.25) is 0 Å². The number of rotatable bonds is 5. The predicted molar refractivity (Wildman–Crippen MR) is 113 cm³/mol. The number of carbonyl (C=O) groups excluding carboxylic acids is 1. The Morgan fingerprint density at radius 3 is 2.59 bits per heavy atom. The maximum Gasteiger partial charge on any atom is 0.264 e. The molecule has 1 N–H and O–H groups in total. The fraction of sp³-hybridized carbons (Fsp3) is 0.0909. The van der Waals surface area contributed by atoms with Crippen LogP contribution in [0.4, 0.5) is 10.1 Å². The first-order chi connectivity index (χ1) is 14.1. The highest BCUT2D eigenvalue weighted by Crippen LogP contribution is 2.30. The third-order valence-corrected chi connectivity index (χ3v) is 4.97. The summed E-state index contributed by atoms with van der Waals surface area (Å²) in [6, 6.07) is 16.9. The summed E-state index contributed by atoms with van der Waals surface area (Å²) in [5.74, 6) is 1.36. The van der Waals surface area contributed by atoms with Crippen LogP contribution in [0, 0.1) is 5.82 Å². The molecule has 0 aliphatic carbocycles. The number of hydrogen-bond acceptors (Lipinski definition) is 5. The number of ether oxygens (including phenoxy) is 1. The van der Waals surface area contributed by atoms with E-state index in [1.807, 2.05) is 31.2 Å². The summed E-state index contributed by atoms with van der Waals surface area (Å²) in [6.45, 7) is 2.53. The second-order valence-corrected chi connectivity index (χ2v) is 7.15. The Balaban J connectivity index is 1.49. The summed E-state index contributed by atoms with van der Waals surface area (Å²) in [4.78, 5) is 17.2. The van der Waals surface area contributed by atoms with Crippen molar-refractivity contribution in [1.82, 2.24) is 5.32 Å². The maximum absolute atomic E-state index is 13.1. The molecule has 1 amide bonds. The van der Waals surface area contributed by atoms with E-state index < -0.39 is 0 Å². The van der Waals surface area contributed by atoms with Gasteiger partial charge in [-0.25, -0.2) is 9.38 Å². The van der Waals surface area contributed by atoms with Crippen molar-refractivity contribution in [1.29, 1.82) is 0 Å². The number of nitrogens with zero attached hydrogens (tertiary/aromatic N) is 1. The topological polar surface area (TPSA) is 63.8 Å². The van der Waals surface area contributed by atoms with E-state index in [-0.39, 0.29) is 11.7 Å². The van der Waals surface area contributed by atoms with Gasteiger partial charge in [0, 0.05) is 11.6 Å². The van der Waals surface area contributed by atoms with Crippen LogP contribution in [0.2, 0.25) is 0 Å². The molecule has 7 heteroatoms. The lowest BCUT2D eigenvalue weighted by atomic mass is 10.2. The number of nitrogens with one attached hydrogen (secondary N) is 1. The highest BCUT2D eigenvalue weighted by atomic mass is 32.2. The zero-order valence-electron chi connectivity index (χ0n) is 15.5. The minimum atomic E-state index is -0.305. The van der Waals surface area contributed by atoms with Crippen molar-refractivity contribution < 1.29 is 18.3 Å². The van der Waals surface area contributed by atoms with Gasteiger partial charge in [-0.05, 0) is 79.3 Å². The molecule has 2 heterocycles. The Hall–Kier alpha value is -3.32. The van der Waals surface area contributed by atoms with Crippen LogP contribution in [0.15, 0.2) is 75.0 Å². The van der Waals surface area contributed by atoms with Crippen LogP contribution in [0.3, 0.4) is 0 Å². The molecule has 5 nitrogen and oxygen atoms in total. The van der Waals surface area contributed by atoms with E-state index in [4.69, 9.17) is 9.15 Å². The molecular weight excluding hydrogens is 391 g/mol. The fourth-order valence-electron chi connectivity index (χ4n) is 2.71. The van der Waals surface area contributed by atoms with Gasteiger partial charge in [-0.3, -0.25) is 4.79 Å². The molecule has 0 spiro atoms. The number of thioether (sulfide) groups is 1. The first-order valence-electron chi connectivity index (χ1n) is 8.99. The molecule has 4 rings (SSSR count). The van der Waals surface area contributed by atoms with Crippen LogP contribution >= 0.6 is 11.8 Å². The monoisotopic (exact) mass is 408 g/mol. The molecule has 1 aliphatic rings. The average molecular weight is 408 g/mol. The highest BCUT2D eigenvalue weighted by molar-refractivity contribution is 8.18. The lowest BCUT2D eigenvalue weighted by Gasteiger charge is -2.02. The number of aliphatic imine (C=N–C) groups is 1. The summed E-state index contributed by atoms with van der Waals surface area (Å²) in [5, 5.41) is 3.24. The Bertz CT molecular complexity index is 1090. The van der Waals surface area contributed by atoms with E-state index >= 15 is 0 Å². The minimum Gasteiger partial charge on any atom is -0.494 e. The van der Waals surface area contributed by atoms with Gasteiger partial charge in [-0.1, -0.05) is 0 Å². The molecule has 0 atom stereocenters. The molecule has 1 saturated heterocycles. The van der Waals surface area contributed by atoms with Crippen molar-refractivity contribution in [3.8, 4) is 17.1 Å². The van der Waals surface area contributed by atoms with Gasteiger partial charge >= 0.3 is 0 Å². The number of amides is 1. The highest BCUT2D eigenvalue weighted by Gasteiger charge is 2.24.